The van der Waals surface area contributed by atoms with Crippen molar-refractivity contribution in [2.45, 2.75) is 45.0 Å². The quantitative estimate of drug-likeness (QED) is 0.453. The van der Waals surface area contributed by atoms with Crippen molar-refractivity contribution in [1.29, 1.82) is 0 Å². The number of furan rings is 1. The summed E-state index contributed by atoms with van der Waals surface area (Å²) in [7, 11) is 0. The Bertz CT molecular complexity index is 1190. The van der Waals surface area contributed by atoms with Crippen LogP contribution < -0.4 is 4.74 Å². The van der Waals surface area contributed by atoms with E-state index in [4.69, 9.17) is 14.3 Å². The largest absolute Gasteiger partial charge is 0.486 e. The highest BCUT2D eigenvalue weighted by Gasteiger charge is 2.37. The lowest BCUT2D eigenvalue weighted by Gasteiger charge is -2.24. The minimum Gasteiger partial charge on any atom is -0.486 e. The van der Waals surface area contributed by atoms with Crippen molar-refractivity contribution in [1.82, 2.24) is 4.90 Å². The van der Waals surface area contributed by atoms with E-state index in [0.717, 1.165) is 11.6 Å². The highest BCUT2D eigenvalue weighted by molar-refractivity contribution is 5.86. The Morgan fingerprint density at radius 2 is 2.06 bits per heavy atom. The minimum absolute atomic E-state index is 0.104. The molecule has 0 spiro atoms. The van der Waals surface area contributed by atoms with Gasteiger partial charge in [0.05, 0.1) is 24.9 Å². The number of fused-ring (bicyclic) bond motifs is 2. The summed E-state index contributed by atoms with van der Waals surface area (Å²) in [6, 6.07) is 7.74. The molecule has 0 saturated heterocycles. The number of carboxylic acids is 1. The summed E-state index contributed by atoms with van der Waals surface area (Å²) in [5.74, 6) is -0.460. The fourth-order valence-electron chi connectivity index (χ4n) is 4.62. The molecule has 2 N–H and O–H groups in total. The van der Waals surface area contributed by atoms with Crippen molar-refractivity contribution in [2.24, 2.45) is 0 Å². The second-order valence-electron chi connectivity index (χ2n) is 8.38. The average Bonchev–Trinajstić information content (AvgIpc) is 3.36. The van der Waals surface area contributed by atoms with Crippen LogP contribution in [0.3, 0.4) is 0 Å². The number of ether oxygens (including phenoxy) is 1. The van der Waals surface area contributed by atoms with Crippen LogP contribution >= 0.6 is 0 Å². The molecule has 0 radical (unpaired) electrons. The number of hydrogen-bond acceptors (Lipinski definition) is 5. The number of carbonyl (C=O) groups is 1. The molecular formula is C25H26F3NO5. The summed E-state index contributed by atoms with van der Waals surface area (Å²) < 4.78 is 53.0. The molecule has 3 aromatic rings. The molecule has 182 valence electrons. The van der Waals surface area contributed by atoms with Gasteiger partial charge in [0.15, 0.2) is 0 Å². The van der Waals surface area contributed by atoms with Gasteiger partial charge in [0.25, 0.3) is 0 Å². The molecule has 4 rings (SSSR count). The van der Waals surface area contributed by atoms with Crippen LogP contribution in [0.2, 0.25) is 0 Å². The van der Waals surface area contributed by atoms with Gasteiger partial charge >= 0.3 is 12.1 Å². The van der Waals surface area contributed by atoms with E-state index in [1.165, 1.54) is 12.3 Å². The normalized spacial score (nSPS) is 15.8. The topological polar surface area (TPSA) is 83.1 Å². The zero-order valence-electron chi connectivity index (χ0n) is 18.7. The van der Waals surface area contributed by atoms with Gasteiger partial charge in [-0.05, 0) is 54.3 Å². The summed E-state index contributed by atoms with van der Waals surface area (Å²) in [5.41, 5.74) is 2.03. The number of carboxylic acid groups (broad SMARTS) is 1. The predicted octanol–water partition coefficient (Wildman–Crippen LogP) is 4.96. The Labute approximate surface area is 194 Å². The molecule has 34 heavy (non-hydrogen) atoms. The molecule has 0 fully saturated rings. The van der Waals surface area contributed by atoms with Gasteiger partial charge < -0.3 is 19.4 Å². The Hall–Kier alpha value is -3.04. The van der Waals surface area contributed by atoms with Crippen LogP contribution in [0.15, 0.2) is 41.0 Å². The van der Waals surface area contributed by atoms with E-state index in [9.17, 15) is 23.1 Å². The molecule has 1 aromatic heterocycles. The van der Waals surface area contributed by atoms with Crippen molar-refractivity contribution in [3.63, 3.8) is 0 Å². The first-order chi connectivity index (χ1) is 16.2. The van der Waals surface area contributed by atoms with Crippen molar-refractivity contribution in [3.8, 4) is 5.75 Å². The van der Waals surface area contributed by atoms with Gasteiger partial charge in [-0.25, -0.2) is 0 Å². The van der Waals surface area contributed by atoms with Gasteiger partial charge in [0.2, 0.25) is 0 Å². The van der Waals surface area contributed by atoms with Crippen LogP contribution in [0.25, 0.3) is 11.0 Å². The van der Waals surface area contributed by atoms with Crippen molar-refractivity contribution < 1.29 is 37.3 Å². The van der Waals surface area contributed by atoms with Crippen LogP contribution in [-0.4, -0.2) is 40.8 Å². The number of alkyl halides is 3. The van der Waals surface area contributed by atoms with E-state index in [1.807, 2.05) is 6.92 Å². The predicted molar refractivity (Wildman–Crippen MR) is 119 cm³/mol. The maximum atomic E-state index is 13.8. The van der Waals surface area contributed by atoms with Crippen molar-refractivity contribution >= 4 is 16.9 Å². The first-order valence-corrected chi connectivity index (χ1v) is 11.1. The Morgan fingerprint density at radius 3 is 2.74 bits per heavy atom. The minimum atomic E-state index is -4.47. The molecule has 1 aliphatic carbocycles. The molecule has 0 saturated carbocycles. The summed E-state index contributed by atoms with van der Waals surface area (Å²) in [6.45, 7) is 2.65. The zero-order chi connectivity index (χ0) is 24.5. The van der Waals surface area contributed by atoms with Crippen LogP contribution in [-0.2, 0) is 30.4 Å². The molecule has 0 unspecified atom stereocenters. The van der Waals surface area contributed by atoms with Gasteiger partial charge in [0.1, 0.15) is 17.4 Å². The SMILES string of the molecule is CCN(CCO)Cc1c(C(F)(F)F)ccc2c1CC[C@H]2Oc1ccc2c(CC(=O)O)coc2c1. The molecular weight excluding hydrogens is 451 g/mol. The number of rotatable bonds is 9. The monoisotopic (exact) mass is 477 g/mol. The standard InChI is InChI=1S/C25H26F3NO5/c1-2-29(9-10-30)13-20-18-6-8-22(19(18)5-7-21(20)25(26,27)28)34-16-3-4-17-15(11-24(31)32)14-33-23(17)12-16/h3-5,7,12,14,22,30H,2,6,8-11,13H2,1H3,(H,31,32)/t22-/m1/s1. The fraction of sp³-hybridized carbons (Fsp3) is 0.400. The van der Waals surface area contributed by atoms with Gasteiger partial charge in [-0.1, -0.05) is 13.0 Å². The van der Waals surface area contributed by atoms with E-state index in [1.54, 1.807) is 23.1 Å². The lowest BCUT2D eigenvalue weighted by Crippen LogP contribution is -2.28. The first-order valence-electron chi connectivity index (χ1n) is 11.1. The van der Waals surface area contributed by atoms with E-state index < -0.39 is 23.8 Å². The molecule has 0 amide bonds. The second kappa shape index (κ2) is 9.68. The highest BCUT2D eigenvalue weighted by atomic mass is 19.4. The van der Waals surface area contributed by atoms with Crippen LogP contribution in [0, 0.1) is 0 Å². The van der Waals surface area contributed by atoms with Crippen molar-refractivity contribution in [3.05, 3.63) is 64.4 Å². The maximum absolute atomic E-state index is 13.8. The Morgan fingerprint density at radius 1 is 1.26 bits per heavy atom. The third-order valence-electron chi connectivity index (χ3n) is 6.27. The number of aliphatic carboxylic acids is 1. The molecule has 9 heteroatoms. The Kier molecular flexibility index (Phi) is 6.86. The second-order valence-corrected chi connectivity index (χ2v) is 8.38. The summed E-state index contributed by atoms with van der Waals surface area (Å²) in [5, 5.41) is 19.0. The van der Waals surface area contributed by atoms with Gasteiger partial charge in [0, 0.05) is 30.1 Å². The van der Waals surface area contributed by atoms with Crippen LogP contribution in [0.4, 0.5) is 13.2 Å². The highest BCUT2D eigenvalue weighted by Crippen LogP contribution is 2.43. The third kappa shape index (κ3) is 4.90. The third-order valence-corrected chi connectivity index (χ3v) is 6.27. The number of benzene rings is 2. The van der Waals surface area contributed by atoms with Gasteiger partial charge in [-0.15, -0.1) is 0 Å². The van der Waals surface area contributed by atoms with Crippen LogP contribution in [0.1, 0.15) is 47.3 Å². The van der Waals surface area contributed by atoms with Gasteiger partial charge in [-0.2, -0.15) is 13.2 Å². The zero-order valence-corrected chi connectivity index (χ0v) is 18.7. The molecule has 6 nitrogen and oxygen atoms in total. The number of aliphatic hydroxyl groups excluding tert-OH is 1. The van der Waals surface area contributed by atoms with Crippen LogP contribution in [0.5, 0.6) is 5.75 Å². The maximum Gasteiger partial charge on any atom is 0.416 e. The number of hydrogen-bond donors (Lipinski definition) is 2. The molecule has 0 bridgehead atoms. The van der Waals surface area contributed by atoms with E-state index in [0.29, 0.717) is 53.8 Å². The van der Waals surface area contributed by atoms with E-state index in [-0.39, 0.29) is 25.1 Å². The van der Waals surface area contributed by atoms with Crippen molar-refractivity contribution in [2.75, 3.05) is 19.7 Å². The smallest absolute Gasteiger partial charge is 0.416 e. The summed E-state index contributed by atoms with van der Waals surface area (Å²) >= 11 is 0. The molecule has 2 aromatic carbocycles. The number of halogens is 3. The molecule has 1 aliphatic rings. The van der Waals surface area contributed by atoms with Gasteiger partial charge in [-0.3, -0.25) is 9.69 Å². The lowest BCUT2D eigenvalue weighted by atomic mass is 9.96. The molecule has 1 heterocycles. The number of nitrogens with zero attached hydrogens (tertiary/aromatic N) is 1. The molecule has 0 aliphatic heterocycles. The molecule has 1 atom stereocenters. The average molecular weight is 477 g/mol. The number of aliphatic hydroxyl groups is 1. The van der Waals surface area contributed by atoms with E-state index >= 15 is 0 Å². The fourth-order valence-corrected chi connectivity index (χ4v) is 4.62. The Balaban J connectivity index is 1.63. The summed E-state index contributed by atoms with van der Waals surface area (Å²) in [6.07, 6.45) is -2.63. The lowest BCUT2D eigenvalue weighted by molar-refractivity contribution is -0.138. The first kappa shape index (κ1) is 24.1. The number of likely N-dealkylation sites (N-methyl/N-ethyl adjacent to an activating group) is 1. The summed E-state index contributed by atoms with van der Waals surface area (Å²) in [4.78, 5) is 12.8. The van der Waals surface area contributed by atoms with E-state index in [2.05, 4.69) is 0 Å².